The molecule has 0 fully saturated rings. The Kier molecular flexibility index (Phi) is 3.85. The topological polar surface area (TPSA) is 84.5 Å². The van der Waals surface area contributed by atoms with Crippen LogP contribution < -0.4 is 15.4 Å². The molecule has 4 rings (SSSR count). The zero-order chi connectivity index (χ0) is 18.1. The van der Waals surface area contributed by atoms with Crippen LogP contribution in [0.1, 0.15) is 20.7 Å². The Morgan fingerprint density at radius 3 is 2.50 bits per heavy atom. The van der Waals surface area contributed by atoms with E-state index < -0.39 is 11.8 Å². The largest absolute Gasteiger partial charge is 0.484 e. The minimum atomic E-state index is -0.464. The number of hydrogen-bond donors (Lipinski definition) is 2. The number of anilines is 1. The summed E-state index contributed by atoms with van der Waals surface area (Å²) >= 11 is 0. The van der Waals surface area contributed by atoms with E-state index in [9.17, 15) is 14.4 Å². The van der Waals surface area contributed by atoms with Crippen LogP contribution in [0, 0.1) is 0 Å². The van der Waals surface area contributed by atoms with Gasteiger partial charge >= 0.3 is 0 Å². The van der Waals surface area contributed by atoms with Gasteiger partial charge in [-0.25, -0.2) is 0 Å². The van der Waals surface area contributed by atoms with Crippen molar-refractivity contribution in [3.63, 3.8) is 0 Å². The molecule has 0 atom stereocenters. The van der Waals surface area contributed by atoms with E-state index in [1.807, 2.05) is 36.4 Å². The number of hydrogen-bond acceptors (Lipinski definition) is 4. The zero-order valence-corrected chi connectivity index (χ0v) is 13.6. The van der Waals surface area contributed by atoms with E-state index in [2.05, 4.69) is 10.6 Å². The summed E-state index contributed by atoms with van der Waals surface area (Å²) < 4.78 is 5.53. The van der Waals surface area contributed by atoms with E-state index in [-0.39, 0.29) is 18.1 Å². The lowest BCUT2D eigenvalue weighted by molar-refractivity contribution is -0.118. The molecule has 128 valence electrons. The monoisotopic (exact) mass is 346 g/mol. The number of ether oxygens (including phenoxy) is 1. The average Bonchev–Trinajstić information content (AvgIpc) is 2.93. The Balaban J connectivity index is 1.42. The van der Waals surface area contributed by atoms with E-state index in [1.165, 1.54) is 12.1 Å². The first kappa shape index (κ1) is 15.8. The SMILES string of the molecule is O=C(COc1ccc2ccccc2c1)Nc1ccc2c(c1)C(=O)NC2=O. The minimum absolute atomic E-state index is 0.166. The van der Waals surface area contributed by atoms with Gasteiger partial charge in [-0.3, -0.25) is 19.7 Å². The van der Waals surface area contributed by atoms with Crippen LogP contribution in [-0.4, -0.2) is 24.3 Å². The molecule has 0 bridgehead atoms. The fourth-order valence-electron chi connectivity index (χ4n) is 2.85. The molecule has 0 saturated carbocycles. The van der Waals surface area contributed by atoms with Gasteiger partial charge in [-0.2, -0.15) is 0 Å². The average molecular weight is 346 g/mol. The molecule has 0 spiro atoms. The lowest BCUT2D eigenvalue weighted by atomic mass is 10.1. The van der Waals surface area contributed by atoms with Crippen molar-refractivity contribution >= 4 is 34.2 Å². The van der Waals surface area contributed by atoms with Gasteiger partial charge in [-0.05, 0) is 41.1 Å². The van der Waals surface area contributed by atoms with E-state index in [4.69, 9.17) is 4.74 Å². The van der Waals surface area contributed by atoms with Crippen LogP contribution >= 0.6 is 0 Å². The Morgan fingerprint density at radius 2 is 1.65 bits per heavy atom. The normalized spacial score (nSPS) is 12.6. The number of benzene rings is 3. The van der Waals surface area contributed by atoms with Gasteiger partial charge in [0, 0.05) is 5.69 Å². The van der Waals surface area contributed by atoms with Gasteiger partial charge in [0.1, 0.15) is 5.75 Å². The molecule has 0 unspecified atom stereocenters. The molecule has 26 heavy (non-hydrogen) atoms. The highest BCUT2D eigenvalue weighted by Crippen LogP contribution is 2.22. The third-order valence-corrected chi connectivity index (χ3v) is 4.11. The molecule has 1 aliphatic rings. The smallest absolute Gasteiger partial charge is 0.262 e. The van der Waals surface area contributed by atoms with Crippen molar-refractivity contribution in [3.8, 4) is 5.75 Å². The molecule has 0 aromatic heterocycles. The fraction of sp³-hybridized carbons (Fsp3) is 0.0500. The van der Waals surface area contributed by atoms with Crippen molar-refractivity contribution in [1.29, 1.82) is 0 Å². The quantitative estimate of drug-likeness (QED) is 0.712. The number of amides is 3. The molecular weight excluding hydrogens is 332 g/mol. The second-order valence-electron chi connectivity index (χ2n) is 5.89. The van der Waals surface area contributed by atoms with Gasteiger partial charge in [-0.15, -0.1) is 0 Å². The summed E-state index contributed by atoms with van der Waals surface area (Å²) in [5.74, 6) is -0.656. The van der Waals surface area contributed by atoms with E-state index in [0.29, 0.717) is 17.0 Å². The number of carbonyl (C=O) groups excluding carboxylic acids is 3. The maximum absolute atomic E-state index is 12.1. The highest BCUT2D eigenvalue weighted by molar-refractivity contribution is 6.22. The number of carbonyl (C=O) groups is 3. The molecule has 6 nitrogen and oxygen atoms in total. The van der Waals surface area contributed by atoms with Gasteiger partial charge < -0.3 is 10.1 Å². The molecule has 0 aliphatic carbocycles. The Morgan fingerprint density at radius 1 is 0.885 bits per heavy atom. The first-order chi connectivity index (χ1) is 12.6. The molecule has 0 radical (unpaired) electrons. The van der Waals surface area contributed by atoms with Crippen molar-refractivity contribution in [2.24, 2.45) is 0 Å². The van der Waals surface area contributed by atoms with Crippen LogP contribution in [0.2, 0.25) is 0 Å². The van der Waals surface area contributed by atoms with Gasteiger partial charge in [0.15, 0.2) is 6.61 Å². The number of nitrogens with one attached hydrogen (secondary N) is 2. The molecule has 2 N–H and O–H groups in total. The first-order valence-corrected chi connectivity index (χ1v) is 8.01. The Bertz CT molecular complexity index is 1060. The summed E-state index contributed by atoms with van der Waals surface area (Å²) in [6.45, 7) is -0.166. The van der Waals surface area contributed by atoms with Crippen molar-refractivity contribution in [2.45, 2.75) is 0 Å². The summed E-state index contributed by atoms with van der Waals surface area (Å²) in [7, 11) is 0. The van der Waals surface area contributed by atoms with Crippen LogP contribution in [0.4, 0.5) is 5.69 Å². The molecular formula is C20H14N2O4. The highest BCUT2D eigenvalue weighted by Gasteiger charge is 2.26. The van der Waals surface area contributed by atoms with E-state index in [0.717, 1.165) is 10.8 Å². The summed E-state index contributed by atoms with van der Waals surface area (Å²) in [4.78, 5) is 35.3. The van der Waals surface area contributed by atoms with Crippen LogP contribution in [0.15, 0.2) is 60.7 Å². The predicted molar refractivity (Wildman–Crippen MR) is 96.3 cm³/mol. The van der Waals surface area contributed by atoms with Crippen molar-refractivity contribution in [1.82, 2.24) is 5.32 Å². The second kappa shape index (κ2) is 6.33. The molecule has 3 aromatic rings. The molecule has 1 aliphatic heterocycles. The van der Waals surface area contributed by atoms with Crippen molar-refractivity contribution < 1.29 is 19.1 Å². The maximum atomic E-state index is 12.1. The van der Waals surface area contributed by atoms with Gasteiger partial charge in [0.05, 0.1) is 11.1 Å². The molecule has 6 heteroatoms. The molecule has 0 saturated heterocycles. The molecule has 3 amide bonds. The Labute approximate surface area is 148 Å². The standard InChI is InChI=1S/C20H14N2O4/c23-18(11-26-15-7-5-12-3-1-2-4-13(12)9-15)21-14-6-8-16-17(10-14)20(25)22-19(16)24/h1-10H,11H2,(H,21,23)(H,22,24,25). The third-order valence-electron chi connectivity index (χ3n) is 4.11. The Hall–Kier alpha value is -3.67. The summed E-state index contributed by atoms with van der Waals surface area (Å²) in [5.41, 5.74) is 0.990. The van der Waals surface area contributed by atoms with Crippen LogP contribution in [-0.2, 0) is 4.79 Å². The van der Waals surface area contributed by atoms with Crippen LogP contribution in [0.5, 0.6) is 5.75 Å². The molecule has 1 heterocycles. The highest BCUT2D eigenvalue weighted by atomic mass is 16.5. The van der Waals surface area contributed by atoms with Crippen LogP contribution in [0.25, 0.3) is 10.8 Å². The summed E-state index contributed by atoms with van der Waals surface area (Å²) in [6.07, 6.45) is 0. The lowest BCUT2D eigenvalue weighted by Gasteiger charge is -2.09. The predicted octanol–water partition coefficient (Wildman–Crippen LogP) is 2.74. The summed E-state index contributed by atoms with van der Waals surface area (Å²) in [5, 5.41) is 6.99. The van der Waals surface area contributed by atoms with Gasteiger partial charge in [0.25, 0.3) is 17.7 Å². The second-order valence-corrected chi connectivity index (χ2v) is 5.89. The van der Waals surface area contributed by atoms with Crippen molar-refractivity contribution in [3.05, 3.63) is 71.8 Å². The van der Waals surface area contributed by atoms with Gasteiger partial charge in [0.2, 0.25) is 0 Å². The zero-order valence-electron chi connectivity index (χ0n) is 13.6. The number of fused-ring (bicyclic) bond motifs is 2. The maximum Gasteiger partial charge on any atom is 0.262 e. The third kappa shape index (κ3) is 3.00. The van der Waals surface area contributed by atoms with E-state index in [1.54, 1.807) is 12.1 Å². The lowest BCUT2D eigenvalue weighted by Crippen LogP contribution is -2.20. The minimum Gasteiger partial charge on any atom is -0.484 e. The van der Waals surface area contributed by atoms with Crippen molar-refractivity contribution in [2.75, 3.05) is 11.9 Å². The summed E-state index contributed by atoms with van der Waals surface area (Å²) in [6, 6.07) is 18.0. The van der Waals surface area contributed by atoms with Gasteiger partial charge in [-0.1, -0.05) is 30.3 Å². The molecule has 3 aromatic carbocycles. The number of rotatable bonds is 4. The first-order valence-electron chi connectivity index (χ1n) is 8.01. The number of imide groups is 1. The van der Waals surface area contributed by atoms with E-state index >= 15 is 0 Å². The van der Waals surface area contributed by atoms with Crippen LogP contribution in [0.3, 0.4) is 0 Å². The fourth-order valence-corrected chi connectivity index (χ4v) is 2.85.